The van der Waals surface area contributed by atoms with Crippen molar-refractivity contribution in [2.45, 2.75) is 12.1 Å². The minimum absolute atomic E-state index is 0.316. The van der Waals surface area contributed by atoms with Crippen molar-refractivity contribution < 1.29 is 24.9 Å². The summed E-state index contributed by atoms with van der Waals surface area (Å²) in [5, 5.41) is 25.4. The Morgan fingerprint density at radius 3 is 2.42 bits per heavy atom. The van der Waals surface area contributed by atoms with Gasteiger partial charge in [-0.15, -0.1) is 0 Å². The summed E-state index contributed by atoms with van der Waals surface area (Å²) in [4.78, 5) is 10.7. The van der Waals surface area contributed by atoms with Gasteiger partial charge < -0.3 is 25.8 Å². The Bertz CT molecular complexity index is 140. The van der Waals surface area contributed by atoms with Crippen molar-refractivity contribution >= 4 is 5.97 Å². The SMILES string of the molecule is N[C@@H](CO)C(=O)OCC(O)CO. The summed E-state index contributed by atoms with van der Waals surface area (Å²) in [5.41, 5.74) is 5.08. The lowest BCUT2D eigenvalue weighted by molar-refractivity contribution is -0.149. The van der Waals surface area contributed by atoms with E-state index in [0.29, 0.717) is 0 Å². The molecule has 0 saturated heterocycles. The van der Waals surface area contributed by atoms with E-state index < -0.39 is 31.3 Å². The van der Waals surface area contributed by atoms with Crippen molar-refractivity contribution in [3.05, 3.63) is 0 Å². The second-order valence-electron chi connectivity index (χ2n) is 2.26. The highest BCUT2D eigenvalue weighted by Gasteiger charge is 2.14. The van der Waals surface area contributed by atoms with Crippen LogP contribution in [0, 0.1) is 0 Å². The Balaban J connectivity index is 3.56. The van der Waals surface area contributed by atoms with Crippen molar-refractivity contribution in [1.29, 1.82) is 0 Å². The summed E-state index contributed by atoms with van der Waals surface area (Å²) in [6.45, 7) is -1.31. The predicted molar refractivity (Wildman–Crippen MR) is 39.1 cm³/mol. The predicted octanol–water partition coefficient (Wildman–Crippen LogP) is -2.80. The van der Waals surface area contributed by atoms with E-state index in [2.05, 4.69) is 4.74 Å². The number of carbonyl (C=O) groups excluding carboxylic acids is 1. The Morgan fingerprint density at radius 1 is 1.42 bits per heavy atom. The smallest absolute Gasteiger partial charge is 0.325 e. The molecule has 0 saturated carbocycles. The van der Waals surface area contributed by atoms with Crippen molar-refractivity contribution in [2.75, 3.05) is 19.8 Å². The third-order valence-electron chi connectivity index (χ3n) is 1.13. The molecule has 0 aromatic carbocycles. The van der Waals surface area contributed by atoms with Crippen LogP contribution in [0.15, 0.2) is 0 Å². The van der Waals surface area contributed by atoms with Crippen molar-refractivity contribution in [3.8, 4) is 0 Å². The molecule has 12 heavy (non-hydrogen) atoms. The molecular formula is C6H13NO5. The molecule has 0 aliphatic carbocycles. The zero-order chi connectivity index (χ0) is 9.56. The molecule has 0 spiro atoms. The van der Waals surface area contributed by atoms with Crippen LogP contribution in [0.3, 0.4) is 0 Å². The lowest BCUT2D eigenvalue weighted by atomic mass is 10.3. The Morgan fingerprint density at radius 2 is 2.00 bits per heavy atom. The second-order valence-corrected chi connectivity index (χ2v) is 2.26. The Kier molecular flexibility index (Phi) is 5.56. The molecule has 0 bridgehead atoms. The monoisotopic (exact) mass is 179 g/mol. The number of hydrogen-bond acceptors (Lipinski definition) is 6. The third kappa shape index (κ3) is 4.24. The number of ether oxygens (including phenoxy) is 1. The number of aliphatic hydroxyl groups excluding tert-OH is 3. The second kappa shape index (κ2) is 5.90. The maximum atomic E-state index is 10.7. The molecule has 0 aliphatic rings. The lowest BCUT2D eigenvalue weighted by Gasteiger charge is -2.10. The topological polar surface area (TPSA) is 113 Å². The zero-order valence-electron chi connectivity index (χ0n) is 6.51. The molecule has 0 heterocycles. The first-order chi connectivity index (χ1) is 5.61. The standard InChI is InChI=1S/C6H13NO5/c7-5(2-9)6(11)12-3-4(10)1-8/h4-5,8-10H,1-3,7H2/t4?,5-/m0/s1. The van der Waals surface area contributed by atoms with Gasteiger partial charge in [0.05, 0.1) is 13.2 Å². The largest absolute Gasteiger partial charge is 0.462 e. The van der Waals surface area contributed by atoms with Crippen LogP contribution >= 0.6 is 0 Å². The molecule has 5 N–H and O–H groups in total. The van der Waals surface area contributed by atoms with Gasteiger partial charge in [0, 0.05) is 0 Å². The zero-order valence-corrected chi connectivity index (χ0v) is 6.51. The molecule has 0 amide bonds. The van der Waals surface area contributed by atoms with Crippen LogP contribution in [0.1, 0.15) is 0 Å². The molecule has 6 heteroatoms. The van der Waals surface area contributed by atoms with Crippen molar-refractivity contribution in [3.63, 3.8) is 0 Å². The molecule has 0 rings (SSSR count). The van der Waals surface area contributed by atoms with Crippen molar-refractivity contribution in [2.24, 2.45) is 5.73 Å². The molecule has 72 valence electrons. The van der Waals surface area contributed by atoms with Gasteiger partial charge in [0.15, 0.2) is 0 Å². The molecule has 0 fully saturated rings. The lowest BCUT2D eigenvalue weighted by Crippen LogP contribution is -2.37. The van der Waals surface area contributed by atoms with Gasteiger partial charge >= 0.3 is 5.97 Å². The first-order valence-corrected chi connectivity index (χ1v) is 3.43. The van der Waals surface area contributed by atoms with E-state index in [4.69, 9.17) is 21.1 Å². The fourth-order valence-electron chi connectivity index (χ4n) is 0.413. The maximum Gasteiger partial charge on any atom is 0.325 e. The minimum Gasteiger partial charge on any atom is -0.462 e. The molecule has 0 aliphatic heterocycles. The van der Waals surface area contributed by atoms with E-state index in [1.54, 1.807) is 0 Å². The van der Waals surface area contributed by atoms with Gasteiger partial charge in [0.1, 0.15) is 18.8 Å². The average Bonchev–Trinajstić information content (AvgIpc) is 2.11. The highest BCUT2D eigenvalue weighted by Crippen LogP contribution is 1.88. The highest BCUT2D eigenvalue weighted by atomic mass is 16.5. The molecule has 0 aromatic rings. The van der Waals surface area contributed by atoms with E-state index >= 15 is 0 Å². The number of rotatable bonds is 5. The van der Waals surface area contributed by atoms with Crippen LogP contribution in [0.4, 0.5) is 0 Å². The van der Waals surface area contributed by atoms with Crippen LogP contribution in [-0.2, 0) is 9.53 Å². The average molecular weight is 179 g/mol. The van der Waals surface area contributed by atoms with Gasteiger partial charge in [-0.3, -0.25) is 4.79 Å². The van der Waals surface area contributed by atoms with Gasteiger partial charge in [0.2, 0.25) is 0 Å². The fraction of sp³-hybridized carbons (Fsp3) is 0.833. The molecule has 0 radical (unpaired) electrons. The van der Waals surface area contributed by atoms with E-state index in [0.717, 1.165) is 0 Å². The van der Waals surface area contributed by atoms with E-state index in [1.165, 1.54) is 0 Å². The van der Waals surface area contributed by atoms with Gasteiger partial charge in [-0.05, 0) is 0 Å². The first-order valence-electron chi connectivity index (χ1n) is 3.43. The number of aliphatic hydroxyl groups is 3. The van der Waals surface area contributed by atoms with Crippen LogP contribution < -0.4 is 5.73 Å². The molecule has 0 aromatic heterocycles. The van der Waals surface area contributed by atoms with Crippen LogP contribution in [0.2, 0.25) is 0 Å². The third-order valence-corrected chi connectivity index (χ3v) is 1.13. The molecule has 6 nitrogen and oxygen atoms in total. The number of esters is 1. The van der Waals surface area contributed by atoms with E-state index in [-0.39, 0.29) is 6.61 Å². The number of hydrogen-bond donors (Lipinski definition) is 4. The van der Waals surface area contributed by atoms with Crippen molar-refractivity contribution in [1.82, 2.24) is 0 Å². The van der Waals surface area contributed by atoms with E-state index in [1.807, 2.05) is 0 Å². The van der Waals surface area contributed by atoms with Gasteiger partial charge in [0.25, 0.3) is 0 Å². The molecule has 1 unspecified atom stereocenters. The Labute approximate surface area is 69.6 Å². The summed E-state index contributed by atoms with van der Waals surface area (Å²) in [6.07, 6.45) is -1.10. The minimum atomic E-state index is -1.10. The maximum absolute atomic E-state index is 10.7. The van der Waals surface area contributed by atoms with Gasteiger partial charge in [-0.2, -0.15) is 0 Å². The number of nitrogens with two attached hydrogens (primary N) is 1. The normalized spacial score (nSPS) is 15.3. The summed E-state index contributed by atoms with van der Waals surface area (Å²) >= 11 is 0. The summed E-state index contributed by atoms with van der Waals surface area (Å²) in [6, 6.07) is -1.09. The Hall–Kier alpha value is -0.690. The number of carbonyl (C=O) groups is 1. The summed E-state index contributed by atoms with van der Waals surface area (Å²) in [7, 11) is 0. The quantitative estimate of drug-likeness (QED) is 0.339. The van der Waals surface area contributed by atoms with E-state index in [9.17, 15) is 4.79 Å². The molecular weight excluding hydrogens is 166 g/mol. The van der Waals surface area contributed by atoms with Gasteiger partial charge in [-0.1, -0.05) is 0 Å². The summed E-state index contributed by atoms with van der Waals surface area (Å²) in [5.74, 6) is -0.801. The highest BCUT2D eigenvalue weighted by molar-refractivity contribution is 5.75. The molecule has 2 atom stereocenters. The van der Waals surface area contributed by atoms with Crippen LogP contribution in [0.5, 0.6) is 0 Å². The van der Waals surface area contributed by atoms with Crippen LogP contribution in [-0.4, -0.2) is 53.3 Å². The van der Waals surface area contributed by atoms with Crippen LogP contribution in [0.25, 0.3) is 0 Å². The summed E-state index contributed by atoms with van der Waals surface area (Å²) < 4.78 is 4.41. The van der Waals surface area contributed by atoms with Gasteiger partial charge in [-0.25, -0.2) is 0 Å². The first kappa shape index (κ1) is 11.3. The fourth-order valence-corrected chi connectivity index (χ4v) is 0.413.